The van der Waals surface area contributed by atoms with Crippen LogP contribution in [0.25, 0.3) is 0 Å². The second kappa shape index (κ2) is 3.83. The average Bonchev–Trinajstić information content (AvgIpc) is 2.09. The molecule has 0 saturated heterocycles. The molecule has 0 aromatic heterocycles. The Morgan fingerprint density at radius 1 is 1.46 bits per heavy atom. The van der Waals surface area contributed by atoms with Crippen LogP contribution in [0.4, 0.5) is 0 Å². The highest BCUT2D eigenvalue weighted by atomic mass is 16.3. The van der Waals surface area contributed by atoms with Gasteiger partial charge >= 0.3 is 0 Å². The third-order valence-electron chi connectivity index (χ3n) is 3.71. The molecule has 0 radical (unpaired) electrons. The van der Waals surface area contributed by atoms with Gasteiger partial charge in [0.2, 0.25) is 0 Å². The molecule has 3 atom stereocenters. The van der Waals surface area contributed by atoms with Crippen molar-refractivity contribution in [3.8, 4) is 0 Å². The van der Waals surface area contributed by atoms with E-state index < -0.39 is 5.60 Å². The lowest BCUT2D eigenvalue weighted by Crippen LogP contribution is -2.41. The molecular formula is C12H22O. The summed E-state index contributed by atoms with van der Waals surface area (Å²) in [7, 11) is 0. The molecule has 1 fully saturated rings. The fraction of sp³-hybridized carbons (Fsp3) is 0.833. The highest BCUT2D eigenvalue weighted by Gasteiger charge is 2.38. The highest BCUT2D eigenvalue weighted by Crippen LogP contribution is 2.40. The van der Waals surface area contributed by atoms with Crippen LogP contribution in [0.3, 0.4) is 0 Å². The van der Waals surface area contributed by atoms with Crippen LogP contribution in [0.15, 0.2) is 12.7 Å². The van der Waals surface area contributed by atoms with Crippen LogP contribution in [0, 0.1) is 17.8 Å². The van der Waals surface area contributed by atoms with Gasteiger partial charge in [-0.2, -0.15) is 0 Å². The van der Waals surface area contributed by atoms with E-state index in [1.54, 1.807) is 6.08 Å². The first-order chi connectivity index (χ1) is 5.99. The van der Waals surface area contributed by atoms with Gasteiger partial charge in [-0.1, -0.05) is 26.8 Å². The van der Waals surface area contributed by atoms with Crippen molar-refractivity contribution in [1.29, 1.82) is 0 Å². The van der Waals surface area contributed by atoms with E-state index >= 15 is 0 Å². The Kier molecular flexibility index (Phi) is 3.18. The Morgan fingerprint density at radius 2 is 2.08 bits per heavy atom. The highest BCUT2D eigenvalue weighted by molar-refractivity contribution is 5.03. The molecule has 1 aliphatic carbocycles. The number of rotatable bonds is 2. The van der Waals surface area contributed by atoms with E-state index in [0.29, 0.717) is 17.8 Å². The summed E-state index contributed by atoms with van der Waals surface area (Å²) in [6, 6.07) is 0. The zero-order valence-electron chi connectivity index (χ0n) is 9.09. The first-order valence-corrected chi connectivity index (χ1v) is 5.35. The standard InChI is InChI=1S/C12H22O/c1-5-12(13)8-11(9(2)3)7-6-10(12)4/h5,9-11,13H,1,6-8H2,2-4H3/t10-,11-,12+/m1/s1. The maximum Gasteiger partial charge on any atom is 0.0853 e. The molecule has 1 heteroatoms. The Labute approximate surface area is 81.9 Å². The second-order valence-electron chi connectivity index (χ2n) is 4.88. The van der Waals surface area contributed by atoms with Crippen molar-refractivity contribution in [3.63, 3.8) is 0 Å². The molecule has 0 heterocycles. The predicted octanol–water partition coefficient (Wildman–Crippen LogP) is 3.00. The Balaban J connectivity index is 2.68. The van der Waals surface area contributed by atoms with Gasteiger partial charge < -0.3 is 5.11 Å². The molecule has 1 aliphatic rings. The van der Waals surface area contributed by atoms with Crippen molar-refractivity contribution in [2.24, 2.45) is 17.8 Å². The van der Waals surface area contributed by atoms with E-state index in [4.69, 9.17) is 0 Å². The zero-order chi connectivity index (χ0) is 10.1. The van der Waals surface area contributed by atoms with E-state index in [9.17, 15) is 5.11 Å². The van der Waals surface area contributed by atoms with Crippen molar-refractivity contribution in [3.05, 3.63) is 12.7 Å². The van der Waals surface area contributed by atoms with Gasteiger partial charge in [-0.05, 0) is 37.0 Å². The van der Waals surface area contributed by atoms with Crippen LogP contribution < -0.4 is 0 Å². The number of aliphatic hydroxyl groups is 1. The van der Waals surface area contributed by atoms with Gasteiger partial charge in [0, 0.05) is 0 Å². The van der Waals surface area contributed by atoms with Gasteiger partial charge in [-0.25, -0.2) is 0 Å². The summed E-state index contributed by atoms with van der Waals surface area (Å²) in [4.78, 5) is 0. The summed E-state index contributed by atoms with van der Waals surface area (Å²) in [6.07, 6.45) is 5.03. The van der Waals surface area contributed by atoms with Crippen LogP contribution in [0.5, 0.6) is 0 Å². The van der Waals surface area contributed by atoms with Gasteiger partial charge in [0.1, 0.15) is 0 Å². The molecule has 13 heavy (non-hydrogen) atoms. The van der Waals surface area contributed by atoms with E-state index in [-0.39, 0.29) is 0 Å². The van der Waals surface area contributed by atoms with Crippen LogP contribution in [0.1, 0.15) is 40.0 Å². The monoisotopic (exact) mass is 182 g/mol. The summed E-state index contributed by atoms with van der Waals surface area (Å²) in [6.45, 7) is 10.4. The fourth-order valence-electron chi connectivity index (χ4n) is 2.29. The van der Waals surface area contributed by atoms with Gasteiger partial charge in [0.05, 0.1) is 5.60 Å². The summed E-state index contributed by atoms with van der Waals surface area (Å²) in [5.74, 6) is 1.72. The second-order valence-corrected chi connectivity index (χ2v) is 4.88. The van der Waals surface area contributed by atoms with E-state index in [0.717, 1.165) is 12.8 Å². The van der Waals surface area contributed by atoms with E-state index in [2.05, 4.69) is 27.4 Å². The molecule has 0 aliphatic heterocycles. The van der Waals surface area contributed by atoms with Gasteiger partial charge in [0.15, 0.2) is 0 Å². The normalized spacial score (nSPS) is 40.7. The van der Waals surface area contributed by atoms with Gasteiger partial charge in [-0.15, -0.1) is 6.58 Å². The lowest BCUT2D eigenvalue weighted by atomic mass is 9.68. The predicted molar refractivity (Wildman–Crippen MR) is 56.5 cm³/mol. The molecule has 1 saturated carbocycles. The minimum absolute atomic E-state index is 0.375. The molecule has 0 spiro atoms. The molecule has 0 aromatic rings. The van der Waals surface area contributed by atoms with E-state index in [1.165, 1.54) is 6.42 Å². The molecule has 0 unspecified atom stereocenters. The molecular weight excluding hydrogens is 160 g/mol. The van der Waals surface area contributed by atoms with Crippen LogP contribution >= 0.6 is 0 Å². The summed E-state index contributed by atoms with van der Waals surface area (Å²) in [5, 5.41) is 10.2. The largest absolute Gasteiger partial charge is 0.386 e. The minimum Gasteiger partial charge on any atom is -0.386 e. The molecule has 0 aromatic carbocycles. The molecule has 1 N–H and O–H groups in total. The molecule has 76 valence electrons. The first-order valence-electron chi connectivity index (χ1n) is 5.35. The number of hydrogen-bond donors (Lipinski definition) is 1. The van der Waals surface area contributed by atoms with Crippen LogP contribution in [-0.4, -0.2) is 10.7 Å². The van der Waals surface area contributed by atoms with Crippen molar-refractivity contribution in [1.82, 2.24) is 0 Å². The smallest absolute Gasteiger partial charge is 0.0853 e. The maximum atomic E-state index is 10.2. The van der Waals surface area contributed by atoms with Crippen molar-refractivity contribution >= 4 is 0 Å². The average molecular weight is 182 g/mol. The van der Waals surface area contributed by atoms with Crippen LogP contribution in [-0.2, 0) is 0 Å². The third-order valence-corrected chi connectivity index (χ3v) is 3.71. The third kappa shape index (κ3) is 2.14. The SMILES string of the molecule is C=C[C@]1(O)C[C@H](C(C)C)CC[C@H]1C. The Morgan fingerprint density at radius 3 is 2.54 bits per heavy atom. The summed E-state index contributed by atoms with van der Waals surface area (Å²) in [5.41, 5.74) is -0.604. The molecule has 1 nitrogen and oxygen atoms in total. The lowest BCUT2D eigenvalue weighted by molar-refractivity contribution is -0.0260. The first kappa shape index (κ1) is 10.8. The zero-order valence-corrected chi connectivity index (χ0v) is 9.09. The molecule has 0 amide bonds. The summed E-state index contributed by atoms with van der Waals surface area (Å²) < 4.78 is 0. The van der Waals surface area contributed by atoms with Gasteiger partial charge in [0.25, 0.3) is 0 Å². The molecule has 0 bridgehead atoms. The fourth-order valence-corrected chi connectivity index (χ4v) is 2.29. The van der Waals surface area contributed by atoms with Crippen molar-refractivity contribution < 1.29 is 5.11 Å². The maximum absolute atomic E-state index is 10.2. The van der Waals surface area contributed by atoms with Crippen LogP contribution in [0.2, 0.25) is 0 Å². The van der Waals surface area contributed by atoms with Crippen molar-refractivity contribution in [2.45, 2.75) is 45.6 Å². The van der Waals surface area contributed by atoms with Gasteiger partial charge in [-0.3, -0.25) is 0 Å². The minimum atomic E-state index is -0.604. The quantitative estimate of drug-likeness (QED) is 0.651. The summed E-state index contributed by atoms with van der Waals surface area (Å²) >= 11 is 0. The molecule has 1 rings (SSSR count). The lowest BCUT2D eigenvalue weighted by Gasteiger charge is -2.41. The topological polar surface area (TPSA) is 20.2 Å². The number of hydrogen-bond acceptors (Lipinski definition) is 1. The Hall–Kier alpha value is -0.300. The van der Waals surface area contributed by atoms with Crippen molar-refractivity contribution in [2.75, 3.05) is 0 Å². The van der Waals surface area contributed by atoms with E-state index in [1.807, 2.05) is 0 Å². The Bertz CT molecular complexity index is 186.